The van der Waals surface area contributed by atoms with Crippen LogP contribution in [-0.4, -0.2) is 78.8 Å². The molecule has 7 heteroatoms. The van der Waals surface area contributed by atoms with Gasteiger partial charge in [0.2, 0.25) is 5.91 Å². The van der Waals surface area contributed by atoms with E-state index in [-0.39, 0.29) is 17.7 Å². The van der Waals surface area contributed by atoms with Gasteiger partial charge in [-0.1, -0.05) is 36.4 Å². The Hall–Kier alpha value is -3.97. The molecule has 3 aromatic carbocycles. The fourth-order valence-corrected chi connectivity index (χ4v) is 4.73. The summed E-state index contributed by atoms with van der Waals surface area (Å²) in [6.45, 7) is 3.50. The van der Waals surface area contributed by atoms with E-state index < -0.39 is 0 Å². The molecular formula is C28H27N3O4. The molecule has 3 amide bonds. The van der Waals surface area contributed by atoms with E-state index in [9.17, 15) is 14.4 Å². The number of hydrogen-bond donors (Lipinski definition) is 0. The first-order valence-electron chi connectivity index (χ1n) is 11.8. The zero-order chi connectivity index (χ0) is 24.4. The quantitative estimate of drug-likeness (QED) is 0.409. The van der Waals surface area contributed by atoms with Crippen molar-refractivity contribution in [2.75, 3.05) is 46.4 Å². The zero-order valence-corrected chi connectivity index (χ0v) is 19.6. The summed E-state index contributed by atoms with van der Waals surface area (Å²) >= 11 is 0. The molecule has 35 heavy (non-hydrogen) atoms. The molecule has 0 radical (unpaired) electrons. The summed E-state index contributed by atoms with van der Waals surface area (Å²) in [6, 6.07) is 18.7. The van der Waals surface area contributed by atoms with Gasteiger partial charge < -0.3 is 9.64 Å². The normalized spacial score (nSPS) is 16.4. The molecule has 0 spiro atoms. The Morgan fingerprint density at radius 3 is 2.20 bits per heavy atom. The number of piperazine rings is 1. The van der Waals surface area contributed by atoms with E-state index in [0.717, 1.165) is 22.1 Å². The molecule has 3 aromatic rings. The van der Waals surface area contributed by atoms with Gasteiger partial charge in [-0.3, -0.25) is 24.2 Å². The van der Waals surface area contributed by atoms with Crippen molar-refractivity contribution in [1.29, 1.82) is 0 Å². The second-order valence-electron chi connectivity index (χ2n) is 8.75. The van der Waals surface area contributed by atoms with E-state index >= 15 is 0 Å². The first-order chi connectivity index (χ1) is 17.0. The molecule has 1 saturated heterocycles. The van der Waals surface area contributed by atoms with E-state index in [1.807, 2.05) is 53.4 Å². The SMILES string of the molecule is COc1cccc(/C=C/C(=O)N2CCN(CCN3C(=O)c4cccc5cccc(c45)C3=O)CC2)c1. The maximum absolute atomic E-state index is 13.1. The highest BCUT2D eigenvalue weighted by atomic mass is 16.5. The summed E-state index contributed by atoms with van der Waals surface area (Å²) in [5, 5.41) is 1.65. The van der Waals surface area contributed by atoms with Crippen LogP contribution in [0.15, 0.2) is 66.7 Å². The molecule has 2 heterocycles. The Morgan fingerprint density at radius 1 is 0.886 bits per heavy atom. The fraction of sp³-hybridized carbons (Fsp3) is 0.250. The van der Waals surface area contributed by atoms with Gasteiger partial charge in [-0.15, -0.1) is 0 Å². The van der Waals surface area contributed by atoms with Crippen LogP contribution < -0.4 is 4.74 Å². The van der Waals surface area contributed by atoms with Gasteiger partial charge in [0.15, 0.2) is 0 Å². The second kappa shape index (κ2) is 9.72. The highest BCUT2D eigenvalue weighted by Crippen LogP contribution is 2.29. The number of carbonyl (C=O) groups is 3. The van der Waals surface area contributed by atoms with Crippen molar-refractivity contribution in [2.24, 2.45) is 0 Å². The van der Waals surface area contributed by atoms with Gasteiger partial charge in [-0.25, -0.2) is 0 Å². The summed E-state index contributed by atoms with van der Waals surface area (Å²) < 4.78 is 5.22. The van der Waals surface area contributed by atoms with Crippen molar-refractivity contribution in [1.82, 2.24) is 14.7 Å². The predicted molar refractivity (Wildman–Crippen MR) is 134 cm³/mol. The van der Waals surface area contributed by atoms with Crippen molar-refractivity contribution in [3.63, 3.8) is 0 Å². The molecule has 0 aliphatic carbocycles. The third-order valence-electron chi connectivity index (χ3n) is 6.69. The van der Waals surface area contributed by atoms with Crippen LogP contribution in [0.4, 0.5) is 0 Å². The number of methoxy groups -OCH3 is 1. The van der Waals surface area contributed by atoms with Crippen molar-refractivity contribution >= 4 is 34.6 Å². The summed E-state index contributed by atoms with van der Waals surface area (Å²) in [4.78, 5) is 44.1. The topological polar surface area (TPSA) is 70.2 Å². The van der Waals surface area contributed by atoms with E-state index in [2.05, 4.69) is 4.90 Å². The highest BCUT2D eigenvalue weighted by molar-refractivity contribution is 6.25. The average molecular weight is 470 g/mol. The molecule has 0 atom stereocenters. The average Bonchev–Trinajstić information content (AvgIpc) is 2.90. The van der Waals surface area contributed by atoms with Gasteiger partial charge in [-0.05, 0) is 41.3 Å². The standard InChI is InChI=1S/C28H27N3O4/c1-35-22-8-2-5-20(19-22)11-12-25(32)30-16-13-29(14-17-30)15-18-31-27(33)23-9-3-6-21-7-4-10-24(26(21)23)28(31)34/h2-12,19H,13-18H2,1H3/b12-11+. The Labute approximate surface area is 204 Å². The first-order valence-corrected chi connectivity index (χ1v) is 11.8. The van der Waals surface area contributed by atoms with Gasteiger partial charge in [0, 0.05) is 61.9 Å². The smallest absolute Gasteiger partial charge is 0.261 e. The lowest BCUT2D eigenvalue weighted by molar-refractivity contribution is -0.127. The minimum atomic E-state index is -0.240. The molecule has 0 unspecified atom stereocenters. The Kier molecular flexibility index (Phi) is 6.33. The minimum absolute atomic E-state index is 0.0291. The van der Waals surface area contributed by atoms with Gasteiger partial charge in [0.25, 0.3) is 11.8 Å². The van der Waals surface area contributed by atoms with Crippen LogP contribution in [0.3, 0.4) is 0 Å². The van der Waals surface area contributed by atoms with Crippen LogP contribution in [0.2, 0.25) is 0 Å². The van der Waals surface area contributed by atoms with Gasteiger partial charge >= 0.3 is 0 Å². The van der Waals surface area contributed by atoms with Crippen molar-refractivity contribution in [2.45, 2.75) is 0 Å². The molecule has 0 saturated carbocycles. The Morgan fingerprint density at radius 2 is 1.54 bits per heavy atom. The number of carbonyl (C=O) groups excluding carboxylic acids is 3. The van der Waals surface area contributed by atoms with E-state index in [1.165, 1.54) is 4.90 Å². The van der Waals surface area contributed by atoms with Crippen molar-refractivity contribution in [3.05, 3.63) is 83.4 Å². The molecule has 0 bridgehead atoms. The van der Waals surface area contributed by atoms with Gasteiger partial charge in [0.05, 0.1) is 7.11 Å². The van der Waals surface area contributed by atoms with Gasteiger partial charge in [-0.2, -0.15) is 0 Å². The molecule has 5 rings (SSSR count). The zero-order valence-electron chi connectivity index (χ0n) is 19.6. The maximum Gasteiger partial charge on any atom is 0.261 e. The Balaban J connectivity index is 1.16. The second-order valence-corrected chi connectivity index (χ2v) is 8.75. The lowest BCUT2D eigenvalue weighted by atomic mass is 9.94. The monoisotopic (exact) mass is 469 g/mol. The number of rotatable bonds is 6. The van der Waals surface area contributed by atoms with E-state index in [4.69, 9.17) is 4.74 Å². The largest absolute Gasteiger partial charge is 0.497 e. The van der Waals surface area contributed by atoms with Gasteiger partial charge in [0.1, 0.15) is 5.75 Å². The number of nitrogens with zero attached hydrogens (tertiary/aromatic N) is 3. The number of amides is 3. The number of benzene rings is 3. The van der Waals surface area contributed by atoms with Crippen LogP contribution in [-0.2, 0) is 4.79 Å². The fourth-order valence-electron chi connectivity index (χ4n) is 4.73. The van der Waals surface area contributed by atoms with Crippen LogP contribution in [0.25, 0.3) is 16.8 Å². The van der Waals surface area contributed by atoms with Crippen LogP contribution in [0, 0.1) is 0 Å². The molecule has 2 aliphatic rings. The summed E-state index contributed by atoms with van der Waals surface area (Å²) in [5.41, 5.74) is 2.07. The third kappa shape index (κ3) is 4.55. The number of imide groups is 1. The molecule has 7 nitrogen and oxygen atoms in total. The molecule has 1 fully saturated rings. The van der Waals surface area contributed by atoms with Crippen LogP contribution in [0.1, 0.15) is 26.3 Å². The number of ether oxygens (including phenoxy) is 1. The van der Waals surface area contributed by atoms with Crippen molar-refractivity contribution < 1.29 is 19.1 Å². The molecule has 2 aliphatic heterocycles. The minimum Gasteiger partial charge on any atom is -0.497 e. The predicted octanol–water partition coefficient (Wildman–Crippen LogP) is 3.30. The van der Waals surface area contributed by atoms with E-state index in [0.29, 0.717) is 50.4 Å². The lowest BCUT2D eigenvalue weighted by Gasteiger charge is -2.35. The van der Waals surface area contributed by atoms with Crippen LogP contribution in [0.5, 0.6) is 5.75 Å². The molecule has 0 N–H and O–H groups in total. The third-order valence-corrected chi connectivity index (χ3v) is 6.69. The Bertz CT molecular complexity index is 1270. The molecule has 178 valence electrons. The van der Waals surface area contributed by atoms with Crippen LogP contribution >= 0.6 is 0 Å². The van der Waals surface area contributed by atoms with Crippen molar-refractivity contribution in [3.8, 4) is 5.75 Å². The summed E-state index contributed by atoms with van der Waals surface area (Å²) in [7, 11) is 1.61. The summed E-state index contributed by atoms with van der Waals surface area (Å²) in [6.07, 6.45) is 3.39. The molecule has 0 aromatic heterocycles. The van der Waals surface area contributed by atoms with E-state index in [1.54, 1.807) is 31.4 Å². The maximum atomic E-state index is 13.1. The highest BCUT2D eigenvalue weighted by Gasteiger charge is 2.33. The lowest BCUT2D eigenvalue weighted by Crippen LogP contribution is -2.51. The summed E-state index contributed by atoms with van der Waals surface area (Å²) in [5.74, 6) is 0.240. The molecular weight excluding hydrogens is 442 g/mol. The number of hydrogen-bond acceptors (Lipinski definition) is 5. The first kappa shape index (κ1) is 22.8.